The smallest absolute Gasteiger partial charge is 0.404 e. The van der Waals surface area contributed by atoms with Crippen LogP contribution in [-0.4, -0.2) is 21.0 Å². The second-order valence-corrected chi connectivity index (χ2v) is 6.88. The zero-order chi connectivity index (χ0) is 16.1. The molecule has 6 nitrogen and oxygen atoms in total. The monoisotopic (exact) mass is 344 g/mol. The molecule has 3 aromatic rings. The lowest BCUT2D eigenvalue weighted by Crippen LogP contribution is -2.12. The highest BCUT2D eigenvalue weighted by Crippen LogP contribution is 2.32. The van der Waals surface area contributed by atoms with Crippen molar-refractivity contribution in [2.24, 2.45) is 5.73 Å². The number of rotatable bonds is 5. The highest BCUT2D eigenvalue weighted by atomic mass is 32.2. The van der Waals surface area contributed by atoms with E-state index in [9.17, 15) is 4.79 Å². The highest BCUT2D eigenvalue weighted by Gasteiger charge is 2.07. The minimum Gasteiger partial charge on any atom is -0.442 e. The Morgan fingerprint density at radius 2 is 1.87 bits per heavy atom. The lowest BCUT2D eigenvalue weighted by molar-refractivity contribution is 0.150. The molecular weight excluding hydrogens is 332 g/mol. The summed E-state index contributed by atoms with van der Waals surface area (Å²) < 4.78 is 5.67. The summed E-state index contributed by atoms with van der Waals surface area (Å²) in [6.45, 7) is 0.0873. The Hall–Kier alpha value is -2.45. The molecule has 3 rings (SSSR count). The Bertz CT molecular complexity index is 791. The maximum Gasteiger partial charge on any atom is 0.404 e. The van der Waals surface area contributed by atoms with Crippen LogP contribution in [0, 0.1) is 0 Å². The number of aromatic nitrogens is 3. The van der Waals surface area contributed by atoms with Gasteiger partial charge >= 0.3 is 6.09 Å². The van der Waals surface area contributed by atoms with Gasteiger partial charge in [0.1, 0.15) is 11.6 Å². The molecule has 1 aromatic carbocycles. The second-order valence-electron chi connectivity index (χ2n) is 4.39. The van der Waals surface area contributed by atoms with E-state index in [1.807, 2.05) is 30.3 Å². The van der Waals surface area contributed by atoms with Crippen molar-refractivity contribution in [1.29, 1.82) is 0 Å². The number of thiazole rings is 1. The van der Waals surface area contributed by atoms with E-state index in [4.69, 9.17) is 10.5 Å². The fourth-order valence-corrected chi connectivity index (χ4v) is 3.62. The molecule has 2 aromatic heterocycles. The molecule has 23 heavy (non-hydrogen) atoms. The van der Waals surface area contributed by atoms with Gasteiger partial charge in [0.2, 0.25) is 0 Å². The van der Waals surface area contributed by atoms with Gasteiger partial charge in [-0.15, -0.1) is 11.3 Å². The number of primary amides is 1. The van der Waals surface area contributed by atoms with Crippen molar-refractivity contribution < 1.29 is 9.53 Å². The van der Waals surface area contributed by atoms with E-state index in [-0.39, 0.29) is 6.61 Å². The molecule has 0 aliphatic heterocycles. The summed E-state index contributed by atoms with van der Waals surface area (Å²) in [5.74, 6) is 0.690. The lowest BCUT2D eigenvalue weighted by Gasteiger charge is -2.01. The maximum atomic E-state index is 10.6. The van der Waals surface area contributed by atoms with Gasteiger partial charge in [0.15, 0.2) is 5.82 Å². The number of ether oxygens (including phenoxy) is 1. The Morgan fingerprint density at radius 3 is 2.57 bits per heavy atom. The van der Waals surface area contributed by atoms with E-state index in [0.717, 1.165) is 14.7 Å². The Balaban J connectivity index is 1.65. The fourth-order valence-electron chi connectivity index (χ4n) is 1.76. The van der Waals surface area contributed by atoms with Crippen LogP contribution in [0.2, 0.25) is 0 Å². The molecule has 0 bridgehead atoms. The van der Waals surface area contributed by atoms with Crippen LogP contribution in [0.25, 0.3) is 11.4 Å². The minimum absolute atomic E-state index is 0.0873. The van der Waals surface area contributed by atoms with Crippen molar-refractivity contribution >= 4 is 29.2 Å². The number of amides is 1. The third-order valence-corrected chi connectivity index (χ3v) is 4.77. The number of hydrogen-bond acceptors (Lipinski definition) is 7. The van der Waals surface area contributed by atoms with Crippen molar-refractivity contribution in [3.63, 3.8) is 0 Å². The van der Waals surface area contributed by atoms with Gasteiger partial charge in [-0.05, 0) is 0 Å². The largest absolute Gasteiger partial charge is 0.442 e. The molecule has 2 heterocycles. The zero-order valence-electron chi connectivity index (χ0n) is 11.9. The predicted molar refractivity (Wildman–Crippen MR) is 88.1 cm³/mol. The SMILES string of the molecule is NC(=O)OCc1ncc(Sc2cnc(-c3ccccc3)nc2)s1. The third-order valence-electron chi connectivity index (χ3n) is 2.75. The van der Waals surface area contributed by atoms with Crippen LogP contribution in [0.5, 0.6) is 0 Å². The maximum absolute atomic E-state index is 10.6. The molecule has 2 N–H and O–H groups in total. The number of benzene rings is 1. The van der Waals surface area contributed by atoms with E-state index in [1.165, 1.54) is 23.1 Å². The molecule has 8 heteroatoms. The molecule has 0 spiro atoms. The van der Waals surface area contributed by atoms with Crippen LogP contribution in [0.15, 0.2) is 58.0 Å². The Kier molecular flexibility index (Phi) is 4.84. The van der Waals surface area contributed by atoms with E-state index in [2.05, 4.69) is 15.0 Å². The first-order valence-electron chi connectivity index (χ1n) is 6.63. The first-order valence-corrected chi connectivity index (χ1v) is 8.26. The average Bonchev–Trinajstić information content (AvgIpc) is 3.02. The number of nitrogens with zero attached hydrogens (tertiary/aromatic N) is 3. The predicted octanol–water partition coefficient (Wildman–Crippen LogP) is 3.35. The Labute approximate surface area is 140 Å². The summed E-state index contributed by atoms with van der Waals surface area (Å²) in [6, 6.07) is 9.80. The first-order chi connectivity index (χ1) is 11.2. The number of hydrogen-bond donors (Lipinski definition) is 1. The van der Waals surface area contributed by atoms with E-state index in [0.29, 0.717) is 10.8 Å². The van der Waals surface area contributed by atoms with Gasteiger partial charge in [0, 0.05) is 22.9 Å². The van der Waals surface area contributed by atoms with Gasteiger partial charge in [-0.3, -0.25) is 0 Å². The summed E-state index contributed by atoms with van der Waals surface area (Å²) in [5.41, 5.74) is 5.91. The van der Waals surface area contributed by atoms with Crippen molar-refractivity contribution in [1.82, 2.24) is 15.0 Å². The molecule has 0 saturated carbocycles. The quantitative estimate of drug-likeness (QED) is 0.763. The molecule has 0 fully saturated rings. The normalized spacial score (nSPS) is 10.4. The summed E-state index contributed by atoms with van der Waals surface area (Å²) in [5, 5.41) is 0.688. The first kappa shape index (κ1) is 15.4. The highest BCUT2D eigenvalue weighted by molar-refractivity contribution is 8.01. The van der Waals surface area contributed by atoms with E-state index >= 15 is 0 Å². The topological polar surface area (TPSA) is 91.0 Å². The van der Waals surface area contributed by atoms with Crippen LogP contribution < -0.4 is 5.73 Å². The summed E-state index contributed by atoms with van der Waals surface area (Å²) in [7, 11) is 0. The van der Waals surface area contributed by atoms with Crippen LogP contribution >= 0.6 is 23.1 Å². The van der Waals surface area contributed by atoms with Crippen molar-refractivity contribution in [3.05, 3.63) is 53.9 Å². The molecule has 116 valence electrons. The minimum atomic E-state index is -0.806. The molecule has 0 aliphatic carbocycles. The number of nitrogens with two attached hydrogens (primary N) is 1. The van der Waals surface area contributed by atoms with Crippen LogP contribution in [0.1, 0.15) is 5.01 Å². The van der Waals surface area contributed by atoms with E-state index < -0.39 is 6.09 Å². The molecule has 0 radical (unpaired) electrons. The van der Waals surface area contributed by atoms with Crippen LogP contribution in [0.3, 0.4) is 0 Å². The summed E-state index contributed by atoms with van der Waals surface area (Å²) >= 11 is 2.94. The number of carbonyl (C=O) groups excluding carboxylic acids is 1. The zero-order valence-corrected chi connectivity index (χ0v) is 13.5. The van der Waals surface area contributed by atoms with Crippen LogP contribution in [0.4, 0.5) is 4.79 Å². The lowest BCUT2D eigenvalue weighted by atomic mass is 10.2. The molecule has 0 saturated heterocycles. The summed E-state index contributed by atoms with van der Waals surface area (Å²) in [6.07, 6.45) is 4.47. The third kappa shape index (κ3) is 4.27. The van der Waals surface area contributed by atoms with Gasteiger partial charge in [-0.25, -0.2) is 19.7 Å². The van der Waals surface area contributed by atoms with Gasteiger partial charge in [-0.2, -0.15) is 0 Å². The van der Waals surface area contributed by atoms with Gasteiger partial charge < -0.3 is 10.5 Å². The second kappa shape index (κ2) is 7.21. The molecule has 1 amide bonds. The molecule has 0 atom stereocenters. The average molecular weight is 344 g/mol. The standard InChI is InChI=1S/C15H12N4O2S2/c16-15(20)21-9-12-17-8-13(23-12)22-11-6-18-14(19-7-11)10-4-2-1-3-5-10/h1-8H,9H2,(H2,16,20). The van der Waals surface area contributed by atoms with Gasteiger partial charge in [0.25, 0.3) is 0 Å². The van der Waals surface area contributed by atoms with Crippen molar-refractivity contribution in [2.45, 2.75) is 15.7 Å². The van der Waals surface area contributed by atoms with Crippen molar-refractivity contribution in [2.75, 3.05) is 0 Å². The van der Waals surface area contributed by atoms with Gasteiger partial charge in [0.05, 0.1) is 10.4 Å². The molecular formula is C15H12N4O2S2. The number of carbonyl (C=O) groups is 1. The molecule has 0 aliphatic rings. The fraction of sp³-hybridized carbons (Fsp3) is 0.0667. The van der Waals surface area contributed by atoms with Crippen molar-refractivity contribution in [3.8, 4) is 11.4 Å². The van der Waals surface area contributed by atoms with E-state index in [1.54, 1.807) is 18.6 Å². The van der Waals surface area contributed by atoms with Crippen LogP contribution in [-0.2, 0) is 11.3 Å². The molecule has 0 unspecified atom stereocenters. The summed E-state index contributed by atoms with van der Waals surface area (Å²) in [4.78, 5) is 24.4. The van der Waals surface area contributed by atoms with Gasteiger partial charge in [-0.1, -0.05) is 42.1 Å². The Morgan fingerprint density at radius 1 is 1.13 bits per heavy atom.